The zero-order valence-electron chi connectivity index (χ0n) is 11.6. The van der Waals surface area contributed by atoms with E-state index in [0.717, 1.165) is 11.1 Å². The Morgan fingerprint density at radius 3 is 2.32 bits per heavy atom. The summed E-state index contributed by atoms with van der Waals surface area (Å²) in [7, 11) is 0. The number of nitrogens with one attached hydrogen (secondary N) is 1. The van der Waals surface area contributed by atoms with Crippen LogP contribution in [0.3, 0.4) is 0 Å². The molecule has 0 fully saturated rings. The van der Waals surface area contributed by atoms with Crippen LogP contribution in [0.15, 0.2) is 24.3 Å². The normalized spacial score (nSPS) is 11.5. The van der Waals surface area contributed by atoms with E-state index in [1.807, 2.05) is 38.1 Å². The van der Waals surface area contributed by atoms with Gasteiger partial charge in [-0.2, -0.15) is 0 Å². The maximum Gasteiger partial charge on any atom is 0.307 e. The Hall–Kier alpha value is -1.39. The highest BCUT2D eigenvalue weighted by Crippen LogP contribution is 2.14. The molecule has 0 aliphatic carbocycles. The monoisotopic (exact) mass is 265 g/mol. The van der Waals surface area contributed by atoms with Gasteiger partial charge in [-0.15, -0.1) is 0 Å². The summed E-state index contributed by atoms with van der Waals surface area (Å²) in [4.78, 5) is 10.8. The van der Waals surface area contributed by atoms with Crippen LogP contribution in [-0.4, -0.2) is 28.3 Å². The molecule has 3 N–H and O–H groups in total. The maximum atomic E-state index is 10.8. The van der Waals surface area contributed by atoms with E-state index < -0.39 is 11.6 Å². The first-order valence-corrected chi connectivity index (χ1v) is 6.72. The average Bonchev–Trinajstić information content (AvgIpc) is 2.40. The Labute approximate surface area is 114 Å². The van der Waals surface area contributed by atoms with Crippen molar-refractivity contribution in [2.24, 2.45) is 0 Å². The maximum absolute atomic E-state index is 10.8. The summed E-state index contributed by atoms with van der Waals surface area (Å²) < 4.78 is 0. The van der Waals surface area contributed by atoms with Crippen LogP contribution in [0.5, 0.6) is 0 Å². The molecule has 4 nitrogen and oxygen atoms in total. The Balaban J connectivity index is 2.60. The Bertz CT molecular complexity index is 414. The third kappa shape index (κ3) is 5.01. The predicted octanol–water partition coefficient (Wildman–Crippen LogP) is 1.95. The first-order chi connectivity index (χ1) is 9.00. The molecule has 106 valence electrons. The standard InChI is InChI=1S/C15H23NO3/c1-3-15(19,4-2)11-16-10-13-8-6-5-7-12(13)9-14(17)18/h5-8,16,19H,3-4,9-11H2,1-2H3,(H,17,18). The quantitative estimate of drug-likeness (QED) is 0.672. The summed E-state index contributed by atoms with van der Waals surface area (Å²) in [6.45, 7) is 5.01. The molecule has 0 aliphatic rings. The molecule has 0 saturated heterocycles. The molecule has 0 amide bonds. The third-order valence-corrected chi connectivity index (χ3v) is 3.55. The van der Waals surface area contributed by atoms with Gasteiger partial charge in [-0.05, 0) is 24.0 Å². The van der Waals surface area contributed by atoms with Gasteiger partial charge >= 0.3 is 5.97 Å². The zero-order chi connectivity index (χ0) is 14.3. The van der Waals surface area contributed by atoms with Crippen molar-refractivity contribution in [2.45, 2.75) is 45.3 Å². The smallest absolute Gasteiger partial charge is 0.307 e. The molecular weight excluding hydrogens is 242 g/mol. The lowest BCUT2D eigenvalue weighted by atomic mass is 9.97. The molecular formula is C15H23NO3. The van der Waals surface area contributed by atoms with E-state index in [1.54, 1.807) is 0 Å². The van der Waals surface area contributed by atoms with Crippen LogP contribution in [-0.2, 0) is 17.8 Å². The minimum Gasteiger partial charge on any atom is -0.481 e. The van der Waals surface area contributed by atoms with Crippen molar-refractivity contribution in [2.75, 3.05) is 6.54 Å². The van der Waals surface area contributed by atoms with Gasteiger partial charge in [-0.3, -0.25) is 4.79 Å². The molecule has 1 aromatic rings. The predicted molar refractivity (Wildman–Crippen MR) is 75.0 cm³/mol. The van der Waals surface area contributed by atoms with Crippen LogP contribution >= 0.6 is 0 Å². The molecule has 0 aromatic heterocycles. The van der Waals surface area contributed by atoms with Crippen molar-refractivity contribution >= 4 is 5.97 Å². The van der Waals surface area contributed by atoms with Gasteiger partial charge in [0.05, 0.1) is 12.0 Å². The first-order valence-electron chi connectivity index (χ1n) is 6.72. The van der Waals surface area contributed by atoms with Crippen molar-refractivity contribution in [3.63, 3.8) is 0 Å². The van der Waals surface area contributed by atoms with Crippen LogP contribution in [0.4, 0.5) is 0 Å². The number of aliphatic carboxylic acids is 1. The number of benzene rings is 1. The lowest BCUT2D eigenvalue weighted by molar-refractivity contribution is -0.136. The second-order valence-electron chi connectivity index (χ2n) is 4.87. The second kappa shape index (κ2) is 7.26. The SMILES string of the molecule is CCC(O)(CC)CNCc1ccccc1CC(=O)O. The van der Waals surface area contributed by atoms with E-state index in [2.05, 4.69) is 5.32 Å². The summed E-state index contributed by atoms with van der Waals surface area (Å²) >= 11 is 0. The van der Waals surface area contributed by atoms with Crippen molar-refractivity contribution in [3.8, 4) is 0 Å². The zero-order valence-corrected chi connectivity index (χ0v) is 11.6. The number of carboxylic acid groups (broad SMARTS) is 1. The number of carboxylic acids is 1. The first kappa shape index (κ1) is 15.7. The van der Waals surface area contributed by atoms with Gasteiger partial charge in [0.2, 0.25) is 0 Å². The van der Waals surface area contributed by atoms with Crippen molar-refractivity contribution < 1.29 is 15.0 Å². The highest BCUT2D eigenvalue weighted by molar-refractivity contribution is 5.70. The van der Waals surface area contributed by atoms with Gasteiger partial charge in [0.25, 0.3) is 0 Å². The molecule has 1 aromatic carbocycles. The van der Waals surface area contributed by atoms with Crippen molar-refractivity contribution in [3.05, 3.63) is 35.4 Å². The molecule has 0 heterocycles. The molecule has 0 bridgehead atoms. The fraction of sp³-hybridized carbons (Fsp3) is 0.533. The summed E-state index contributed by atoms with van der Waals surface area (Å²) in [6, 6.07) is 7.49. The molecule has 1 rings (SSSR count). The highest BCUT2D eigenvalue weighted by atomic mass is 16.4. The van der Waals surface area contributed by atoms with E-state index in [1.165, 1.54) is 0 Å². The fourth-order valence-electron chi connectivity index (χ4n) is 2.00. The minimum absolute atomic E-state index is 0.0314. The van der Waals surface area contributed by atoms with E-state index in [-0.39, 0.29) is 6.42 Å². The third-order valence-electron chi connectivity index (χ3n) is 3.55. The summed E-state index contributed by atoms with van der Waals surface area (Å²) in [5, 5.41) is 22.2. The number of aliphatic hydroxyl groups is 1. The summed E-state index contributed by atoms with van der Waals surface area (Å²) in [6.07, 6.45) is 1.43. The summed E-state index contributed by atoms with van der Waals surface area (Å²) in [5.41, 5.74) is 1.11. The van der Waals surface area contributed by atoms with Crippen LogP contribution in [0.25, 0.3) is 0 Å². The van der Waals surface area contributed by atoms with Gasteiger partial charge in [0, 0.05) is 13.1 Å². The van der Waals surface area contributed by atoms with Crippen molar-refractivity contribution in [1.29, 1.82) is 0 Å². The number of rotatable bonds is 8. The molecule has 0 spiro atoms. The van der Waals surface area contributed by atoms with Crippen LogP contribution < -0.4 is 5.32 Å². The molecule has 0 atom stereocenters. The van der Waals surface area contributed by atoms with E-state index >= 15 is 0 Å². The van der Waals surface area contributed by atoms with E-state index in [4.69, 9.17) is 5.11 Å². The van der Waals surface area contributed by atoms with Crippen LogP contribution in [0, 0.1) is 0 Å². The molecule has 4 heteroatoms. The average molecular weight is 265 g/mol. The second-order valence-corrected chi connectivity index (χ2v) is 4.87. The molecule has 0 unspecified atom stereocenters. The largest absolute Gasteiger partial charge is 0.481 e. The van der Waals surface area contributed by atoms with Crippen LogP contribution in [0.2, 0.25) is 0 Å². The van der Waals surface area contributed by atoms with E-state index in [9.17, 15) is 9.90 Å². The highest BCUT2D eigenvalue weighted by Gasteiger charge is 2.21. The minimum atomic E-state index is -0.828. The van der Waals surface area contributed by atoms with Gasteiger partial charge in [-0.25, -0.2) is 0 Å². The summed E-state index contributed by atoms with van der Waals surface area (Å²) in [5.74, 6) is -0.828. The lowest BCUT2D eigenvalue weighted by Crippen LogP contribution is -2.39. The molecule has 0 radical (unpaired) electrons. The fourth-order valence-corrected chi connectivity index (χ4v) is 2.00. The lowest BCUT2D eigenvalue weighted by Gasteiger charge is -2.25. The van der Waals surface area contributed by atoms with Gasteiger partial charge in [-0.1, -0.05) is 38.1 Å². The van der Waals surface area contributed by atoms with Gasteiger partial charge in [0.15, 0.2) is 0 Å². The topological polar surface area (TPSA) is 69.6 Å². The van der Waals surface area contributed by atoms with E-state index in [0.29, 0.717) is 25.9 Å². The Kier molecular flexibility index (Phi) is 5.99. The number of hydrogen-bond acceptors (Lipinski definition) is 3. The molecule has 19 heavy (non-hydrogen) atoms. The van der Waals surface area contributed by atoms with Crippen molar-refractivity contribution in [1.82, 2.24) is 5.32 Å². The molecule has 0 saturated carbocycles. The van der Waals surface area contributed by atoms with Crippen LogP contribution in [0.1, 0.15) is 37.8 Å². The van der Waals surface area contributed by atoms with Gasteiger partial charge < -0.3 is 15.5 Å². The number of hydrogen-bond donors (Lipinski definition) is 3. The number of carbonyl (C=O) groups is 1. The Morgan fingerprint density at radius 1 is 1.21 bits per heavy atom. The molecule has 0 aliphatic heterocycles. The van der Waals surface area contributed by atoms with Gasteiger partial charge in [0.1, 0.15) is 0 Å². The Morgan fingerprint density at radius 2 is 1.79 bits per heavy atom.